The van der Waals surface area contributed by atoms with Crippen LogP contribution in [0.15, 0.2) is 77.7 Å². The second-order valence-electron chi connectivity index (χ2n) is 6.88. The molecule has 0 aliphatic heterocycles. The molecule has 9 heteroatoms. The lowest BCUT2D eigenvalue weighted by Crippen LogP contribution is -2.21. The highest BCUT2D eigenvalue weighted by Crippen LogP contribution is 2.38. The van der Waals surface area contributed by atoms with Crippen LogP contribution in [0.4, 0.5) is 0 Å². The van der Waals surface area contributed by atoms with Gasteiger partial charge in [0.2, 0.25) is 0 Å². The second kappa shape index (κ2) is 8.26. The van der Waals surface area contributed by atoms with E-state index in [1.54, 1.807) is 36.4 Å². The lowest BCUT2D eigenvalue weighted by molar-refractivity contribution is 0.810. The van der Waals surface area contributed by atoms with Gasteiger partial charge in [0.05, 0.1) is 20.1 Å². The number of halogens is 4. The van der Waals surface area contributed by atoms with E-state index in [4.69, 9.17) is 51.4 Å². The van der Waals surface area contributed by atoms with E-state index in [9.17, 15) is 4.79 Å². The van der Waals surface area contributed by atoms with E-state index in [-0.39, 0.29) is 5.56 Å². The molecule has 0 saturated carbocycles. The molecule has 0 bridgehead atoms. The standard InChI is InChI=1S/C23H12Cl4N4O/c24-14-6-3-5-13(20(14)27)21-23(30-12-2-1-9-18(30)28-21)17-10-11-19(32)31(29-17)22-15(25)7-4-8-16(22)26/h1-12H. The van der Waals surface area contributed by atoms with E-state index < -0.39 is 0 Å². The maximum Gasteiger partial charge on any atom is 0.271 e. The maximum atomic E-state index is 12.7. The third kappa shape index (κ3) is 3.48. The molecule has 2 aromatic carbocycles. The molecule has 158 valence electrons. The van der Waals surface area contributed by atoms with Gasteiger partial charge in [-0.25, -0.2) is 4.98 Å². The molecule has 0 aliphatic carbocycles. The average Bonchev–Trinajstić information content (AvgIpc) is 3.16. The smallest absolute Gasteiger partial charge is 0.271 e. The van der Waals surface area contributed by atoms with E-state index in [0.29, 0.717) is 54.1 Å². The van der Waals surface area contributed by atoms with Crippen molar-refractivity contribution in [2.24, 2.45) is 0 Å². The van der Waals surface area contributed by atoms with Crippen LogP contribution in [0.25, 0.3) is 34.0 Å². The molecule has 5 aromatic rings. The fourth-order valence-corrected chi connectivity index (χ4v) is 4.45. The van der Waals surface area contributed by atoms with Gasteiger partial charge in [-0.1, -0.05) is 70.7 Å². The van der Waals surface area contributed by atoms with Gasteiger partial charge in [0.25, 0.3) is 5.56 Å². The van der Waals surface area contributed by atoms with Gasteiger partial charge in [-0.2, -0.15) is 9.78 Å². The molecular formula is C23H12Cl4N4O. The second-order valence-corrected chi connectivity index (χ2v) is 8.48. The first-order chi connectivity index (χ1) is 15.5. The summed E-state index contributed by atoms with van der Waals surface area (Å²) in [6.45, 7) is 0. The molecule has 3 heterocycles. The molecule has 0 spiro atoms. The Morgan fingerprint density at radius 1 is 0.750 bits per heavy atom. The Kier molecular flexibility index (Phi) is 5.43. The van der Waals surface area contributed by atoms with E-state index in [1.165, 1.54) is 10.7 Å². The topological polar surface area (TPSA) is 52.2 Å². The number of aromatic nitrogens is 4. The minimum absolute atomic E-state index is 0.304. The van der Waals surface area contributed by atoms with Crippen LogP contribution < -0.4 is 5.56 Å². The van der Waals surface area contributed by atoms with Crippen molar-refractivity contribution in [3.8, 4) is 28.3 Å². The highest BCUT2D eigenvalue weighted by molar-refractivity contribution is 6.43. The third-order valence-electron chi connectivity index (χ3n) is 4.93. The summed E-state index contributed by atoms with van der Waals surface area (Å²) >= 11 is 25.5. The summed E-state index contributed by atoms with van der Waals surface area (Å²) in [7, 11) is 0. The fraction of sp³-hybridized carbons (Fsp3) is 0. The number of hydrogen-bond acceptors (Lipinski definition) is 3. The van der Waals surface area contributed by atoms with E-state index in [0.717, 1.165) is 0 Å². The summed E-state index contributed by atoms with van der Waals surface area (Å²) in [5.41, 5.74) is 2.95. The molecule has 32 heavy (non-hydrogen) atoms. The molecule has 3 aromatic heterocycles. The minimum Gasteiger partial charge on any atom is -0.298 e. The molecule has 0 radical (unpaired) electrons. The Bertz CT molecular complexity index is 1540. The Morgan fingerprint density at radius 2 is 1.47 bits per heavy atom. The lowest BCUT2D eigenvalue weighted by atomic mass is 10.1. The molecule has 5 rings (SSSR count). The Balaban J connectivity index is 1.83. The van der Waals surface area contributed by atoms with Gasteiger partial charge >= 0.3 is 0 Å². The Hall–Kier alpha value is -2.83. The first kappa shape index (κ1) is 21.0. The number of imidazole rings is 1. The number of pyridine rings is 1. The zero-order valence-corrected chi connectivity index (χ0v) is 19.2. The number of nitrogens with zero attached hydrogens (tertiary/aromatic N) is 4. The monoisotopic (exact) mass is 500 g/mol. The summed E-state index contributed by atoms with van der Waals surface area (Å²) in [6.07, 6.45) is 1.86. The molecule has 0 N–H and O–H groups in total. The highest BCUT2D eigenvalue weighted by atomic mass is 35.5. The van der Waals surface area contributed by atoms with Crippen molar-refractivity contribution in [3.63, 3.8) is 0 Å². The number of hydrogen-bond donors (Lipinski definition) is 0. The zero-order chi connectivity index (χ0) is 22.4. The molecule has 0 saturated heterocycles. The van der Waals surface area contributed by atoms with Gasteiger partial charge in [0, 0.05) is 17.8 Å². The average molecular weight is 502 g/mol. The van der Waals surface area contributed by atoms with Crippen molar-refractivity contribution in [3.05, 3.63) is 103 Å². The summed E-state index contributed by atoms with van der Waals surface area (Å²) < 4.78 is 3.06. The van der Waals surface area contributed by atoms with Gasteiger partial charge in [0.15, 0.2) is 0 Å². The van der Waals surface area contributed by atoms with Crippen LogP contribution in [0.3, 0.4) is 0 Å². The summed E-state index contributed by atoms with van der Waals surface area (Å²) in [6, 6.07) is 19.0. The summed E-state index contributed by atoms with van der Waals surface area (Å²) in [5, 5.41) is 5.99. The molecular weight excluding hydrogens is 490 g/mol. The summed E-state index contributed by atoms with van der Waals surface area (Å²) in [4.78, 5) is 17.4. The van der Waals surface area contributed by atoms with E-state index >= 15 is 0 Å². The van der Waals surface area contributed by atoms with Gasteiger partial charge < -0.3 is 0 Å². The number of para-hydroxylation sites is 1. The normalized spacial score (nSPS) is 11.2. The maximum absolute atomic E-state index is 12.7. The van der Waals surface area contributed by atoms with Crippen molar-refractivity contribution in [1.29, 1.82) is 0 Å². The van der Waals surface area contributed by atoms with Crippen molar-refractivity contribution in [2.45, 2.75) is 0 Å². The van der Waals surface area contributed by atoms with Crippen molar-refractivity contribution >= 4 is 52.1 Å². The van der Waals surface area contributed by atoms with Gasteiger partial charge in [0.1, 0.15) is 28.4 Å². The molecule has 5 nitrogen and oxygen atoms in total. The van der Waals surface area contributed by atoms with Crippen LogP contribution in [-0.2, 0) is 0 Å². The van der Waals surface area contributed by atoms with Crippen LogP contribution >= 0.6 is 46.4 Å². The molecule has 0 atom stereocenters. The predicted molar refractivity (Wildman–Crippen MR) is 129 cm³/mol. The van der Waals surface area contributed by atoms with E-state index in [1.807, 2.05) is 34.9 Å². The van der Waals surface area contributed by atoms with Crippen molar-refractivity contribution < 1.29 is 0 Å². The van der Waals surface area contributed by atoms with E-state index in [2.05, 4.69) is 5.10 Å². The van der Waals surface area contributed by atoms with Gasteiger partial charge in [-0.3, -0.25) is 9.20 Å². The largest absolute Gasteiger partial charge is 0.298 e. The van der Waals surface area contributed by atoms with Gasteiger partial charge in [-0.05, 0) is 36.4 Å². The van der Waals surface area contributed by atoms with Crippen LogP contribution in [0.1, 0.15) is 0 Å². The third-order valence-corrected chi connectivity index (χ3v) is 6.36. The number of benzene rings is 2. The predicted octanol–water partition coefficient (Wildman–Crippen LogP) is 6.83. The lowest BCUT2D eigenvalue weighted by Gasteiger charge is -2.12. The Morgan fingerprint density at radius 3 is 2.25 bits per heavy atom. The van der Waals surface area contributed by atoms with Crippen molar-refractivity contribution in [2.75, 3.05) is 0 Å². The first-order valence-corrected chi connectivity index (χ1v) is 10.9. The zero-order valence-electron chi connectivity index (χ0n) is 16.1. The minimum atomic E-state index is -0.375. The number of rotatable bonds is 3. The summed E-state index contributed by atoms with van der Waals surface area (Å²) in [5.74, 6) is 0. The highest BCUT2D eigenvalue weighted by Gasteiger charge is 2.21. The van der Waals surface area contributed by atoms with Crippen molar-refractivity contribution in [1.82, 2.24) is 19.2 Å². The number of fused-ring (bicyclic) bond motifs is 1. The van der Waals surface area contributed by atoms with Crippen LogP contribution in [0.5, 0.6) is 0 Å². The first-order valence-electron chi connectivity index (χ1n) is 9.42. The van der Waals surface area contributed by atoms with Crippen LogP contribution in [-0.4, -0.2) is 19.2 Å². The Labute approximate surface area is 202 Å². The molecule has 0 fully saturated rings. The van der Waals surface area contributed by atoms with Crippen LogP contribution in [0, 0.1) is 0 Å². The van der Waals surface area contributed by atoms with Crippen LogP contribution in [0.2, 0.25) is 20.1 Å². The van der Waals surface area contributed by atoms with Gasteiger partial charge in [-0.15, -0.1) is 0 Å². The fourth-order valence-electron chi connectivity index (χ4n) is 3.50. The molecule has 0 amide bonds. The molecule has 0 unspecified atom stereocenters. The quantitative estimate of drug-likeness (QED) is 0.272. The molecule has 0 aliphatic rings. The SMILES string of the molecule is O=c1ccc(-c2c(-c3cccc(Cl)c3Cl)nc3ccccn23)nn1-c1c(Cl)cccc1Cl.